The molecule has 2 aromatic heterocycles. The molecular formula is C13H16N2OS. The van der Waals surface area contributed by atoms with E-state index in [0.29, 0.717) is 0 Å². The Bertz CT molecular complexity index is 499. The number of furan rings is 1. The fourth-order valence-corrected chi connectivity index (χ4v) is 2.54. The van der Waals surface area contributed by atoms with Crippen LogP contribution < -0.4 is 5.32 Å². The molecule has 3 rings (SSSR count). The highest BCUT2D eigenvalue weighted by atomic mass is 32.1. The van der Waals surface area contributed by atoms with Gasteiger partial charge < -0.3 is 9.73 Å². The van der Waals surface area contributed by atoms with Crippen molar-refractivity contribution in [1.82, 2.24) is 10.3 Å². The summed E-state index contributed by atoms with van der Waals surface area (Å²) in [5.74, 6) is 1.91. The summed E-state index contributed by atoms with van der Waals surface area (Å²) in [4.78, 5) is 5.70. The number of nitrogens with one attached hydrogen (secondary N) is 1. The number of aromatic nitrogens is 1. The molecule has 4 heteroatoms. The third kappa shape index (κ3) is 2.58. The van der Waals surface area contributed by atoms with Gasteiger partial charge in [0, 0.05) is 30.1 Å². The van der Waals surface area contributed by atoms with E-state index in [0.717, 1.165) is 35.5 Å². The summed E-state index contributed by atoms with van der Waals surface area (Å²) in [5.41, 5.74) is 0. The van der Waals surface area contributed by atoms with Gasteiger partial charge >= 0.3 is 0 Å². The van der Waals surface area contributed by atoms with Crippen molar-refractivity contribution >= 4 is 11.3 Å². The van der Waals surface area contributed by atoms with Crippen molar-refractivity contribution in [2.24, 2.45) is 0 Å². The van der Waals surface area contributed by atoms with Crippen molar-refractivity contribution in [3.05, 3.63) is 29.0 Å². The van der Waals surface area contributed by atoms with Crippen LogP contribution in [0.15, 0.2) is 22.7 Å². The smallest absolute Gasteiger partial charge is 0.162 e. The molecule has 17 heavy (non-hydrogen) atoms. The molecule has 1 N–H and O–H groups in total. The molecule has 0 atom stereocenters. The lowest BCUT2D eigenvalue weighted by atomic mass is 10.4. The van der Waals surface area contributed by atoms with Crippen molar-refractivity contribution in [2.75, 3.05) is 0 Å². The molecule has 0 aromatic carbocycles. The lowest BCUT2D eigenvalue weighted by Crippen LogP contribution is -2.14. The van der Waals surface area contributed by atoms with Gasteiger partial charge in [0.1, 0.15) is 5.76 Å². The monoisotopic (exact) mass is 248 g/mol. The van der Waals surface area contributed by atoms with Crippen molar-refractivity contribution in [1.29, 1.82) is 0 Å². The van der Waals surface area contributed by atoms with E-state index in [-0.39, 0.29) is 0 Å². The Morgan fingerprint density at radius 2 is 2.35 bits per heavy atom. The fourth-order valence-electron chi connectivity index (χ4n) is 1.72. The van der Waals surface area contributed by atoms with E-state index in [2.05, 4.69) is 17.2 Å². The fraction of sp³-hybridized carbons (Fsp3) is 0.462. The maximum atomic E-state index is 5.70. The molecule has 0 aliphatic heterocycles. The summed E-state index contributed by atoms with van der Waals surface area (Å²) >= 11 is 1.71. The molecule has 0 spiro atoms. The average Bonchev–Trinajstić information content (AvgIpc) is 2.89. The standard InChI is InChI=1S/C13H16N2OS/c1-2-10-5-6-12(16-10)13-15-8-11(17-13)7-14-9-3-4-9/h5-6,8-9,14H,2-4,7H2,1H3. The predicted octanol–water partition coefficient (Wildman–Crippen LogP) is 3.22. The topological polar surface area (TPSA) is 38.1 Å². The molecule has 1 aliphatic rings. The van der Waals surface area contributed by atoms with Crippen LogP contribution in [0, 0.1) is 0 Å². The predicted molar refractivity (Wildman–Crippen MR) is 69.1 cm³/mol. The van der Waals surface area contributed by atoms with E-state index in [1.165, 1.54) is 17.7 Å². The SMILES string of the molecule is CCc1ccc(-c2ncc(CNC3CC3)s2)o1. The van der Waals surface area contributed by atoms with Crippen LogP contribution in [-0.2, 0) is 13.0 Å². The number of rotatable bonds is 5. The molecule has 0 unspecified atom stereocenters. The maximum absolute atomic E-state index is 5.70. The van der Waals surface area contributed by atoms with E-state index in [4.69, 9.17) is 4.42 Å². The zero-order valence-electron chi connectivity index (χ0n) is 9.90. The lowest BCUT2D eigenvalue weighted by molar-refractivity contribution is 0.529. The van der Waals surface area contributed by atoms with Gasteiger partial charge in [0.05, 0.1) is 0 Å². The third-order valence-corrected chi connectivity index (χ3v) is 3.93. The number of hydrogen-bond acceptors (Lipinski definition) is 4. The zero-order chi connectivity index (χ0) is 11.7. The Balaban J connectivity index is 1.69. The first-order valence-corrected chi connectivity index (χ1v) is 6.94. The van der Waals surface area contributed by atoms with Crippen molar-refractivity contribution < 1.29 is 4.42 Å². The van der Waals surface area contributed by atoms with Crippen LogP contribution in [0.4, 0.5) is 0 Å². The van der Waals surface area contributed by atoms with Crippen LogP contribution >= 0.6 is 11.3 Å². The molecule has 2 heterocycles. The van der Waals surface area contributed by atoms with Crippen LogP contribution in [0.25, 0.3) is 10.8 Å². The lowest BCUT2D eigenvalue weighted by Gasteiger charge is -1.96. The van der Waals surface area contributed by atoms with Crippen LogP contribution in [0.2, 0.25) is 0 Å². The molecule has 90 valence electrons. The number of hydrogen-bond donors (Lipinski definition) is 1. The first-order valence-electron chi connectivity index (χ1n) is 6.12. The van der Waals surface area contributed by atoms with E-state index in [1.807, 2.05) is 18.3 Å². The summed E-state index contributed by atoms with van der Waals surface area (Å²) in [5, 5.41) is 4.48. The highest BCUT2D eigenvalue weighted by Crippen LogP contribution is 2.28. The van der Waals surface area contributed by atoms with Crippen molar-refractivity contribution in [3.8, 4) is 10.8 Å². The summed E-state index contributed by atoms with van der Waals surface area (Å²) in [7, 11) is 0. The van der Waals surface area contributed by atoms with Crippen molar-refractivity contribution in [3.63, 3.8) is 0 Å². The van der Waals surface area contributed by atoms with Crippen LogP contribution in [0.1, 0.15) is 30.4 Å². The second-order valence-electron chi connectivity index (χ2n) is 4.41. The second kappa shape index (κ2) is 4.63. The van der Waals surface area contributed by atoms with Gasteiger partial charge in [-0.2, -0.15) is 0 Å². The van der Waals surface area contributed by atoms with E-state index in [9.17, 15) is 0 Å². The van der Waals surface area contributed by atoms with Crippen LogP contribution in [-0.4, -0.2) is 11.0 Å². The quantitative estimate of drug-likeness (QED) is 0.883. The molecule has 1 aliphatic carbocycles. The largest absolute Gasteiger partial charge is 0.459 e. The van der Waals surface area contributed by atoms with Gasteiger partial charge in [-0.15, -0.1) is 11.3 Å². The molecule has 0 radical (unpaired) electrons. The van der Waals surface area contributed by atoms with Gasteiger partial charge in [0.15, 0.2) is 10.8 Å². The van der Waals surface area contributed by atoms with Crippen molar-refractivity contribution in [2.45, 2.75) is 38.8 Å². The number of thiazole rings is 1. The summed E-state index contributed by atoms with van der Waals surface area (Å²) < 4.78 is 5.70. The minimum Gasteiger partial charge on any atom is -0.459 e. The first kappa shape index (κ1) is 11.0. The van der Waals surface area contributed by atoms with Gasteiger partial charge in [-0.25, -0.2) is 4.98 Å². The minimum atomic E-state index is 0.746. The number of nitrogens with zero attached hydrogens (tertiary/aromatic N) is 1. The summed E-state index contributed by atoms with van der Waals surface area (Å²) in [6.07, 6.45) is 5.53. The summed E-state index contributed by atoms with van der Waals surface area (Å²) in [6, 6.07) is 4.78. The molecule has 0 saturated heterocycles. The van der Waals surface area contributed by atoms with Gasteiger partial charge in [0.2, 0.25) is 0 Å². The van der Waals surface area contributed by atoms with Gasteiger partial charge in [-0.1, -0.05) is 6.92 Å². The molecule has 1 fully saturated rings. The number of aryl methyl sites for hydroxylation is 1. The van der Waals surface area contributed by atoms with Gasteiger partial charge in [-0.05, 0) is 25.0 Å². The third-order valence-electron chi connectivity index (χ3n) is 2.92. The second-order valence-corrected chi connectivity index (χ2v) is 5.52. The Hall–Kier alpha value is -1.13. The molecule has 3 nitrogen and oxygen atoms in total. The molecule has 2 aromatic rings. The normalized spacial score (nSPS) is 15.4. The summed E-state index contributed by atoms with van der Waals surface area (Å²) in [6.45, 7) is 3.03. The maximum Gasteiger partial charge on any atom is 0.162 e. The highest BCUT2D eigenvalue weighted by Gasteiger charge is 2.20. The Kier molecular flexibility index (Phi) is 2.99. The van der Waals surface area contributed by atoms with Gasteiger partial charge in [-0.3, -0.25) is 0 Å². The van der Waals surface area contributed by atoms with Gasteiger partial charge in [0.25, 0.3) is 0 Å². The molecule has 0 bridgehead atoms. The van der Waals surface area contributed by atoms with Crippen LogP contribution in [0.5, 0.6) is 0 Å². The first-order chi connectivity index (χ1) is 8.35. The van der Waals surface area contributed by atoms with E-state index in [1.54, 1.807) is 11.3 Å². The van der Waals surface area contributed by atoms with Crippen LogP contribution in [0.3, 0.4) is 0 Å². The molecule has 1 saturated carbocycles. The zero-order valence-corrected chi connectivity index (χ0v) is 10.7. The Morgan fingerprint density at radius 1 is 1.47 bits per heavy atom. The average molecular weight is 248 g/mol. The highest BCUT2D eigenvalue weighted by molar-refractivity contribution is 7.14. The Morgan fingerprint density at radius 3 is 3.06 bits per heavy atom. The van der Waals surface area contributed by atoms with E-state index >= 15 is 0 Å². The molecule has 0 amide bonds. The minimum absolute atomic E-state index is 0.746. The Labute approximate surface area is 105 Å². The van der Waals surface area contributed by atoms with E-state index < -0.39 is 0 Å². The molecular weight excluding hydrogens is 232 g/mol.